The van der Waals surface area contributed by atoms with E-state index >= 15 is 0 Å². The summed E-state index contributed by atoms with van der Waals surface area (Å²) in [6.07, 6.45) is 6.68. The van der Waals surface area contributed by atoms with Gasteiger partial charge in [0.05, 0.1) is 0 Å². The Morgan fingerprint density at radius 2 is 1.76 bits per heavy atom. The van der Waals surface area contributed by atoms with Crippen LogP contribution in [0.25, 0.3) is 0 Å². The number of benzene rings is 1. The number of H-pyrrole nitrogens is 1. The molecular formula is C19H23N3O3. The van der Waals surface area contributed by atoms with Crippen molar-refractivity contribution in [2.45, 2.75) is 25.7 Å². The molecule has 0 spiro atoms. The summed E-state index contributed by atoms with van der Waals surface area (Å²) in [6, 6.07) is 11.1. The summed E-state index contributed by atoms with van der Waals surface area (Å²) in [5.74, 6) is -0.904. The lowest BCUT2D eigenvalue weighted by atomic mass is 10.2. The standard InChI is InChI=1S/C19H23N3O3/c23-18(14-25-19(24)17-6-5-11-20-17)21-15-7-9-16(10-8-15)22-12-3-1-2-4-13-22/h5-11,20H,1-4,12-14H2,(H,21,23). The average Bonchev–Trinajstić information content (AvgIpc) is 3.03. The van der Waals surface area contributed by atoms with E-state index in [1.54, 1.807) is 18.3 Å². The van der Waals surface area contributed by atoms with Gasteiger partial charge in [0.15, 0.2) is 6.61 Å². The monoisotopic (exact) mass is 341 g/mol. The molecule has 1 aromatic carbocycles. The first-order valence-electron chi connectivity index (χ1n) is 8.68. The van der Waals surface area contributed by atoms with Crippen molar-refractivity contribution in [2.24, 2.45) is 0 Å². The van der Waals surface area contributed by atoms with E-state index in [2.05, 4.69) is 15.2 Å². The van der Waals surface area contributed by atoms with Crippen LogP contribution >= 0.6 is 0 Å². The number of rotatable bonds is 5. The van der Waals surface area contributed by atoms with Crippen LogP contribution in [-0.2, 0) is 9.53 Å². The Hall–Kier alpha value is -2.76. The van der Waals surface area contributed by atoms with Crippen LogP contribution < -0.4 is 10.2 Å². The van der Waals surface area contributed by atoms with Crippen LogP contribution in [0.3, 0.4) is 0 Å². The number of amides is 1. The molecule has 1 aliphatic rings. The summed E-state index contributed by atoms with van der Waals surface area (Å²) in [5, 5.41) is 2.74. The second-order valence-electron chi connectivity index (χ2n) is 6.16. The molecule has 0 radical (unpaired) electrons. The maximum absolute atomic E-state index is 11.9. The van der Waals surface area contributed by atoms with Crippen LogP contribution in [0.5, 0.6) is 0 Å². The molecule has 6 heteroatoms. The highest BCUT2D eigenvalue weighted by atomic mass is 16.5. The quantitative estimate of drug-likeness (QED) is 0.819. The maximum atomic E-state index is 11.9. The summed E-state index contributed by atoms with van der Waals surface area (Å²) in [7, 11) is 0. The Labute approximate surface area is 147 Å². The number of anilines is 2. The highest BCUT2D eigenvalue weighted by molar-refractivity contribution is 5.94. The summed E-state index contributed by atoms with van der Waals surface area (Å²) in [5.41, 5.74) is 2.20. The fraction of sp³-hybridized carbons (Fsp3) is 0.368. The van der Waals surface area contributed by atoms with Crippen molar-refractivity contribution in [1.82, 2.24) is 4.98 Å². The van der Waals surface area contributed by atoms with Gasteiger partial charge in [-0.05, 0) is 49.2 Å². The van der Waals surface area contributed by atoms with Crippen molar-refractivity contribution in [3.05, 3.63) is 48.3 Å². The zero-order valence-corrected chi connectivity index (χ0v) is 14.2. The van der Waals surface area contributed by atoms with Crippen LogP contribution in [0.1, 0.15) is 36.2 Å². The van der Waals surface area contributed by atoms with Gasteiger partial charge in [-0.1, -0.05) is 12.8 Å². The molecule has 1 aliphatic heterocycles. The van der Waals surface area contributed by atoms with Crippen molar-refractivity contribution >= 4 is 23.3 Å². The third kappa shape index (κ3) is 4.86. The normalized spacial score (nSPS) is 14.6. The SMILES string of the molecule is O=C(COC(=O)c1ccc[nH]1)Nc1ccc(N2CCCCCC2)cc1. The van der Waals surface area contributed by atoms with E-state index in [4.69, 9.17) is 4.74 Å². The highest BCUT2D eigenvalue weighted by Crippen LogP contribution is 2.21. The Balaban J connectivity index is 1.49. The van der Waals surface area contributed by atoms with E-state index in [0.717, 1.165) is 13.1 Å². The van der Waals surface area contributed by atoms with Gasteiger partial charge in [-0.25, -0.2) is 4.79 Å². The third-order valence-corrected chi connectivity index (χ3v) is 4.27. The fourth-order valence-corrected chi connectivity index (χ4v) is 2.95. The number of ether oxygens (including phenoxy) is 1. The molecule has 0 atom stereocenters. The molecule has 0 unspecified atom stereocenters. The number of aromatic nitrogens is 1. The van der Waals surface area contributed by atoms with Gasteiger partial charge in [0.25, 0.3) is 5.91 Å². The lowest BCUT2D eigenvalue weighted by Crippen LogP contribution is -2.24. The summed E-state index contributed by atoms with van der Waals surface area (Å²) >= 11 is 0. The molecule has 1 aromatic heterocycles. The van der Waals surface area contributed by atoms with Crippen molar-refractivity contribution in [3.63, 3.8) is 0 Å². The van der Waals surface area contributed by atoms with E-state index < -0.39 is 5.97 Å². The van der Waals surface area contributed by atoms with Crippen LogP contribution in [0.4, 0.5) is 11.4 Å². The van der Waals surface area contributed by atoms with Crippen LogP contribution in [0.2, 0.25) is 0 Å². The first-order chi connectivity index (χ1) is 12.2. The van der Waals surface area contributed by atoms with E-state index in [1.165, 1.54) is 31.4 Å². The van der Waals surface area contributed by atoms with Gasteiger partial charge < -0.3 is 19.9 Å². The molecular weight excluding hydrogens is 318 g/mol. The van der Waals surface area contributed by atoms with Gasteiger partial charge >= 0.3 is 5.97 Å². The molecule has 0 saturated carbocycles. The maximum Gasteiger partial charge on any atom is 0.355 e. The Bertz CT molecular complexity index is 687. The number of esters is 1. The largest absolute Gasteiger partial charge is 0.451 e. The molecule has 3 rings (SSSR count). The Morgan fingerprint density at radius 3 is 2.40 bits per heavy atom. The van der Waals surface area contributed by atoms with Crippen molar-refractivity contribution in [3.8, 4) is 0 Å². The molecule has 25 heavy (non-hydrogen) atoms. The van der Waals surface area contributed by atoms with Crippen LogP contribution in [0, 0.1) is 0 Å². The zero-order chi connectivity index (χ0) is 17.5. The zero-order valence-electron chi connectivity index (χ0n) is 14.2. The number of hydrogen-bond acceptors (Lipinski definition) is 4. The van der Waals surface area contributed by atoms with E-state index in [9.17, 15) is 9.59 Å². The molecule has 2 aromatic rings. The summed E-state index contributed by atoms with van der Waals surface area (Å²) in [6.45, 7) is 1.85. The van der Waals surface area contributed by atoms with Gasteiger partial charge in [0.1, 0.15) is 5.69 Å². The predicted molar refractivity (Wildman–Crippen MR) is 96.8 cm³/mol. The molecule has 132 valence electrons. The molecule has 1 saturated heterocycles. The average molecular weight is 341 g/mol. The predicted octanol–water partition coefficient (Wildman–Crippen LogP) is 3.19. The minimum Gasteiger partial charge on any atom is -0.451 e. The smallest absolute Gasteiger partial charge is 0.355 e. The van der Waals surface area contributed by atoms with Crippen LogP contribution in [-0.4, -0.2) is 36.6 Å². The third-order valence-electron chi connectivity index (χ3n) is 4.27. The second kappa shape index (κ2) is 8.37. The van der Waals surface area contributed by atoms with Crippen molar-refractivity contribution in [1.29, 1.82) is 0 Å². The van der Waals surface area contributed by atoms with Gasteiger partial charge in [-0.15, -0.1) is 0 Å². The molecule has 2 heterocycles. The van der Waals surface area contributed by atoms with Gasteiger partial charge in [0, 0.05) is 30.7 Å². The topological polar surface area (TPSA) is 74.4 Å². The van der Waals surface area contributed by atoms with Gasteiger partial charge in [-0.3, -0.25) is 4.79 Å². The van der Waals surface area contributed by atoms with Crippen molar-refractivity contribution in [2.75, 3.05) is 29.9 Å². The fourth-order valence-electron chi connectivity index (χ4n) is 2.95. The first-order valence-corrected chi connectivity index (χ1v) is 8.68. The van der Waals surface area contributed by atoms with Gasteiger partial charge in [0.2, 0.25) is 0 Å². The lowest BCUT2D eigenvalue weighted by molar-refractivity contribution is -0.119. The highest BCUT2D eigenvalue weighted by Gasteiger charge is 2.12. The summed E-state index contributed by atoms with van der Waals surface area (Å²) < 4.78 is 4.96. The number of nitrogens with zero attached hydrogens (tertiary/aromatic N) is 1. The van der Waals surface area contributed by atoms with E-state index in [-0.39, 0.29) is 12.5 Å². The molecule has 0 aliphatic carbocycles. The minimum atomic E-state index is -0.545. The molecule has 1 amide bonds. The number of aromatic amines is 1. The Morgan fingerprint density at radius 1 is 1.04 bits per heavy atom. The minimum absolute atomic E-state index is 0.314. The molecule has 6 nitrogen and oxygen atoms in total. The van der Waals surface area contributed by atoms with Crippen molar-refractivity contribution < 1.29 is 14.3 Å². The second-order valence-corrected chi connectivity index (χ2v) is 6.16. The van der Waals surface area contributed by atoms with Gasteiger partial charge in [-0.2, -0.15) is 0 Å². The molecule has 2 N–H and O–H groups in total. The molecule has 1 fully saturated rings. The first kappa shape index (κ1) is 17.1. The van der Waals surface area contributed by atoms with E-state index in [0.29, 0.717) is 11.4 Å². The molecule has 0 bridgehead atoms. The number of carbonyl (C=O) groups excluding carboxylic acids is 2. The number of hydrogen-bond donors (Lipinski definition) is 2. The lowest BCUT2D eigenvalue weighted by Gasteiger charge is -2.22. The number of nitrogens with one attached hydrogen (secondary N) is 2. The van der Waals surface area contributed by atoms with Crippen LogP contribution in [0.15, 0.2) is 42.6 Å². The Kier molecular flexibility index (Phi) is 5.72. The van der Waals surface area contributed by atoms with E-state index in [1.807, 2.05) is 24.3 Å². The summed E-state index contributed by atoms with van der Waals surface area (Å²) in [4.78, 5) is 28.7. The number of carbonyl (C=O) groups is 2.